The molecule has 4 heterocycles. The van der Waals surface area contributed by atoms with Crippen LogP contribution in [-0.2, 0) is 0 Å². The first kappa shape index (κ1) is 19.7. The molecule has 1 fully saturated rings. The molecule has 7 heteroatoms. The summed E-state index contributed by atoms with van der Waals surface area (Å²) >= 11 is 8.49. The van der Waals surface area contributed by atoms with E-state index in [2.05, 4.69) is 44.3 Å². The third-order valence-electron chi connectivity index (χ3n) is 6.45. The molecule has 0 saturated heterocycles. The first-order valence-corrected chi connectivity index (χ1v) is 12.2. The van der Waals surface area contributed by atoms with Gasteiger partial charge in [-0.2, -0.15) is 0 Å². The number of anilines is 1. The van der Waals surface area contributed by atoms with Crippen LogP contribution in [0.4, 0.5) is 5.82 Å². The summed E-state index contributed by atoms with van der Waals surface area (Å²) in [4.78, 5) is 15.0. The monoisotopic (exact) mass is 459 g/mol. The average Bonchev–Trinajstić information content (AvgIpc) is 3.48. The molecule has 1 saturated carbocycles. The van der Waals surface area contributed by atoms with E-state index >= 15 is 0 Å². The number of halogens is 1. The first-order valence-electron chi connectivity index (χ1n) is 10.9. The summed E-state index contributed by atoms with van der Waals surface area (Å²) in [5.41, 5.74) is 11.0. The Morgan fingerprint density at radius 3 is 2.72 bits per heavy atom. The van der Waals surface area contributed by atoms with Crippen molar-refractivity contribution >= 4 is 50.7 Å². The highest BCUT2D eigenvalue weighted by atomic mass is 35.5. The molecule has 160 valence electrons. The van der Waals surface area contributed by atoms with Gasteiger partial charge in [0, 0.05) is 33.8 Å². The van der Waals surface area contributed by atoms with Crippen LogP contribution in [0.15, 0.2) is 54.3 Å². The minimum absolute atomic E-state index is 0.428. The number of nitrogen functional groups attached to an aromatic ring is 1. The largest absolute Gasteiger partial charge is 0.383 e. The van der Waals surface area contributed by atoms with Gasteiger partial charge in [0.15, 0.2) is 0 Å². The Balaban J connectivity index is 1.56. The van der Waals surface area contributed by atoms with Gasteiger partial charge in [-0.05, 0) is 42.5 Å². The van der Waals surface area contributed by atoms with Crippen molar-refractivity contribution in [2.75, 3.05) is 5.73 Å². The highest BCUT2D eigenvalue weighted by Crippen LogP contribution is 2.41. The molecule has 32 heavy (non-hydrogen) atoms. The Labute approximate surface area is 194 Å². The van der Waals surface area contributed by atoms with Crippen molar-refractivity contribution in [2.45, 2.75) is 38.1 Å². The predicted octanol–water partition coefficient (Wildman–Crippen LogP) is 7.12. The van der Waals surface area contributed by atoms with Crippen LogP contribution in [0, 0.1) is 0 Å². The molecule has 0 unspecified atom stereocenters. The van der Waals surface area contributed by atoms with Crippen LogP contribution in [0.25, 0.3) is 43.6 Å². The van der Waals surface area contributed by atoms with Crippen LogP contribution in [-0.4, -0.2) is 19.5 Å². The second-order valence-corrected chi connectivity index (χ2v) is 9.75. The smallest absolute Gasteiger partial charge is 0.146 e. The summed E-state index contributed by atoms with van der Waals surface area (Å²) in [5, 5.41) is 4.62. The van der Waals surface area contributed by atoms with Gasteiger partial charge in [-0.1, -0.05) is 43.0 Å². The predicted molar refractivity (Wildman–Crippen MR) is 133 cm³/mol. The van der Waals surface area contributed by atoms with Crippen LogP contribution in [0.2, 0.25) is 5.02 Å². The van der Waals surface area contributed by atoms with Gasteiger partial charge in [0.1, 0.15) is 17.8 Å². The van der Waals surface area contributed by atoms with E-state index < -0.39 is 0 Å². The van der Waals surface area contributed by atoms with E-state index in [1.807, 2.05) is 18.2 Å². The number of pyridine rings is 1. The molecule has 0 atom stereocenters. The van der Waals surface area contributed by atoms with E-state index in [1.54, 1.807) is 17.7 Å². The third kappa shape index (κ3) is 3.26. The van der Waals surface area contributed by atoms with Crippen molar-refractivity contribution in [2.24, 2.45) is 0 Å². The Hall–Kier alpha value is -2.96. The lowest BCUT2D eigenvalue weighted by atomic mass is 9.95. The fourth-order valence-electron chi connectivity index (χ4n) is 4.86. The topological polar surface area (TPSA) is 69.6 Å². The number of rotatable bonds is 3. The molecule has 5 nitrogen and oxygen atoms in total. The van der Waals surface area contributed by atoms with Crippen LogP contribution < -0.4 is 5.73 Å². The molecule has 6 rings (SSSR count). The number of nitrogens with two attached hydrogens (primary N) is 1. The summed E-state index contributed by atoms with van der Waals surface area (Å²) in [6.45, 7) is 0. The molecule has 0 amide bonds. The maximum atomic E-state index is 6.81. The standard InChI is InChI=1S/C25H22ClN5S/c26-19-11-15-8-9-20(22-7-4-10-32-22)30-21(15)12-17(19)18-13-31(16-5-2-1-3-6-16)25-23(18)24(27)28-14-29-25/h4,7-14,16H,1-3,5-6H2,(H2,27,28,29). The van der Waals surface area contributed by atoms with E-state index in [0.29, 0.717) is 16.9 Å². The molecule has 2 N–H and O–H groups in total. The van der Waals surface area contributed by atoms with Crippen molar-refractivity contribution in [1.82, 2.24) is 19.5 Å². The zero-order valence-electron chi connectivity index (χ0n) is 17.5. The van der Waals surface area contributed by atoms with E-state index in [0.717, 1.165) is 56.5 Å². The van der Waals surface area contributed by atoms with Gasteiger partial charge in [0.05, 0.1) is 21.5 Å². The lowest BCUT2D eigenvalue weighted by Gasteiger charge is -2.23. The molecule has 1 aliphatic rings. The van der Waals surface area contributed by atoms with Gasteiger partial charge in [0.2, 0.25) is 0 Å². The molecule has 0 spiro atoms. The third-order valence-corrected chi connectivity index (χ3v) is 7.65. The molecular formula is C25H22ClN5S. The van der Waals surface area contributed by atoms with Crippen molar-refractivity contribution in [3.63, 3.8) is 0 Å². The van der Waals surface area contributed by atoms with E-state index in [1.165, 1.54) is 19.3 Å². The van der Waals surface area contributed by atoms with Gasteiger partial charge in [0.25, 0.3) is 0 Å². The van der Waals surface area contributed by atoms with Crippen molar-refractivity contribution < 1.29 is 0 Å². The van der Waals surface area contributed by atoms with Gasteiger partial charge >= 0.3 is 0 Å². The molecule has 0 radical (unpaired) electrons. The van der Waals surface area contributed by atoms with E-state index in [9.17, 15) is 0 Å². The number of benzene rings is 1. The molecule has 1 aliphatic carbocycles. The summed E-state index contributed by atoms with van der Waals surface area (Å²) in [7, 11) is 0. The SMILES string of the molecule is Nc1ncnc2c1c(-c1cc3nc(-c4cccs4)ccc3cc1Cl)cn2C1CCCCC1. The van der Waals surface area contributed by atoms with E-state index in [-0.39, 0.29) is 0 Å². The molecule has 5 aromatic rings. The average molecular weight is 460 g/mol. The van der Waals surface area contributed by atoms with Crippen LogP contribution in [0.1, 0.15) is 38.1 Å². The van der Waals surface area contributed by atoms with Gasteiger partial charge in [-0.15, -0.1) is 11.3 Å². The maximum absolute atomic E-state index is 6.81. The van der Waals surface area contributed by atoms with Crippen LogP contribution in [0.5, 0.6) is 0 Å². The fourth-order valence-corrected chi connectivity index (χ4v) is 5.83. The highest BCUT2D eigenvalue weighted by Gasteiger charge is 2.23. The second kappa shape index (κ2) is 7.87. The quantitative estimate of drug-likeness (QED) is 0.312. The number of hydrogen-bond donors (Lipinski definition) is 1. The summed E-state index contributed by atoms with van der Waals surface area (Å²) in [6.07, 6.45) is 9.82. The summed E-state index contributed by atoms with van der Waals surface area (Å²) in [6, 6.07) is 12.7. The molecule has 0 aliphatic heterocycles. The Kier molecular flexibility index (Phi) is 4.85. The van der Waals surface area contributed by atoms with Crippen molar-refractivity contribution in [3.05, 3.63) is 59.3 Å². The lowest BCUT2D eigenvalue weighted by Crippen LogP contribution is -2.12. The first-order chi connectivity index (χ1) is 15.7. The van der Waals surface area contributed by atoms with Crippen LogP contribution >= 0.6 is 22.9 Å². The van der Waals surface area contributed by atoms with Crippen molar-refractivity contribution in [1.29, 1.82) is 0 Å². The van der Waals surface area contributed by atoms with Gasteiger partial charge in [-0.3, -0.25) is 0 Å². The molecule has 4 aromatic heterocycles. The zero-order valence-corrected chi connectivity index (χ0v) is 19.0. The minimum atomic E-state index is 0.428. The second-order valence-electron chi connectivity index (χ2n) is 8.40. The normalized spacial score (nSPS) is 15.0. The number of fused-ring (bicyclic) bond motifs is 2. The Bertz CT molecular complexity index is 1430. The molecule has 1 aromatic carbocycles. The lowest BCUT2D eigenvalue weighted by molar-refractivity contribution is 0.360. The highest BCUT2D eigenvalue weighted by molar-refractivity contribution is 7.13. The minimum Gasteiger partial charge on any atom is -0.383 e. The zero-order chi connectivity index (χ0) is 21.7. The number of nitrogens with zero attached hydrogens (tertiary/aromatic N) is 4. The summed E-state index contributed by atoms with van der Waals surface area (Å²) in [5.74, 6) is 0.482. The molecule has 0 bridgehead atoms. The van der Waals surface area contributed by atoms with Crippen molar-refractivity contribution in [3.8, 4) is 21.7 Å². The van der Waals surface area contributed by atoms with Crippen LogP contribution in [0.3, 0.4) is 0 Å². The fraction of sp³-hybridized carbons (Fsp3) is 0.240. The number of thiophene rings is 1. The van der Waals surface area contributed by atoms with Gasteiger partial charge in [-0.25, -0.2) is 15.0 Å². The van der Waals surface area contributed by atoms with E-state index in [4.69, 9.17) is 22.3 Å². The summed E-state index contributed by atoms with van der Waals surface area (Å²) < 4.78 is 2.29. The number of aromatic nitrogens is 4. The Morgan fingerprint density at radius 1 is 1.03 bits per heavy atom. The number of hydrogen-bond acceptors (Lipinski definition) is 5. The Morgan fingerprint density at radius 2 is 1.91 bits per heavy atom. The molecular weight excluding hydrogens is 438 g/mol. The van der Waals surface area contributed by atoms with Gasteiger partial charge < -0.3 is 10.3 Å². The maximum Gasteiger partial charge on any atom is 0.146 e.